The zero-order valence-corrected chi connectivity index (χ0v) is 12.1. The van der Waals surface area contributed by atoms with Crippen molar-refractivity contribution in [1.29, 1.82) is 0 Å². The van der Waals surface area contributed by atoms with E-state index in [4.69, 9.17) is 4.52 Å². The van der Waals surface area contributed by atoms with Gasteiger partial charge >= 0.3 is 0 Å². The van der Waals surface area contributed by atoms with Crippen LogP contribution in [-0.2, 0) is 0 Å². The normalized spacial score (nSPS) is 10.5. The molecule has 0 amide bonds. The summed E-state index contributed by atoms with van der Waals surface area (Å²) >= 11 is 0. The highest BCUT2D eigenvalue weighted by Crippen LogP contribution is 2.19. The van der Waals surface area contributed by atoms with Crippen molar-refractivity contribution in [2.24, 2.45) is 0 Å². The van der Waals surface area contributed by atoms with E-state index in [0.717, 1.165) is 5.69 Å². The topological polar surface area (TPSA) is 75.9 Å². The quantitative estimate of drug-likeness (QED) is 0.765. The Morgan fingerprint density at radius 2 is 1.86 bits per heavy atom. The highest BCUT2D eigenvalue weighted by atomic mass is 19.1. The minimum absolute atomic E-state index is 0.313. The van der Waals surface area contributed by atoms with Gasteiger partial charge in [-0.1, -0.05) is 11.2 Å². The lowest BCUT2D eigenvalue weighted by Crippen LogP contribution is -2.02. The Labute approximate surface area is 126 Å². The molecule has 0 aliphatic rings. The molecule has 1 aromatic carbocycles. The summed E-state index contributed by atoms with van der Waals surface area (Å²) in [6, 6.07) is 9.68. The number of aryl methyl sites for hydroxylation is 2. The van der Waals surface area contributed by atoms with Crippen molar-refractivity contribution in [3.05, 3.63) is 53.7 Å². The van der Waals surface area contributed by atoms with Crippen LogP contribution < -0.4 is 10.6 Å². The van der Waals surface area contributed by atoms with Crippen LogP contribution in [0.2, 0.25) is 0 Å². The van der Waals surface area contributed by atoms with E-state index in [1.807, 2.05) is 6.92 Å². The van der Waals surface area contributed by atoms with Gasteiger partial charge in [-0.2, -0.15) is 4.98 Å². The fourth-order valence-corrected chi connectivity index (χ4v) is 1.94. The third-order valence-corrected chi connectivity index (χ3v) is 2.82. The molecule has 7 heteroatoms. The number of nitrogens with zero attached hydrogens (tertiary/aromatic N) is 3. The van der Waals surface area contributed by atoms with Crippen LogP contribution in [0.4, 0.5) is 27.7 Å². The van der Waals surface area contributed by atoms with Gasteiger partial charge < -0.3 is 15.2 Å². The van der Waals surface area contributed by atoms with Crippen LogP contribution in [0.5, 0.6) is 0 Å². The second-order valence-corrected chi connectivity index (χ2v) is 4.80. The number of hydrogen-bond donors (Lipinski definition) is 2. The fraction of sp³-hybridized carbons (Fsp3) is 0.133. The average molecular weight is 299 g/mol. The van der Waals surface area contributed by atoms with Gasteiger partial charge in [0.2, 0.25) is 5.95 Å². The lowest BCUT2D eigenvalue weighted by atomic mass is 10.3. The number of rotatable bonds is 4. The lowest BCUT2D eigenvalue weighted by Gasteiger charge is -2.08. The van der Waals surface area contributed by atoms with Crippen molar-refractivity contribution in [3.8, 4) is 0 Å². The first kappa shape index (κ1) is 14.0. The van der Waals surface area contributed by atoms with Crippen molar-refractivity contribution in [2.75, 3.05) is 10.6 Å². The molecule has 0 saturated heterocycles. The number of halogens is 1. The van der Waals surface area contributed by atoms with Crippen LogP contribution in [0.15, 0.2) is 40.9 Å². The molecule has 112 valence electrons. The Morgan fingerprint density at radius 1 is 1.00 bits per heavy atom. The Bertz CT molecular complexity index is 802. The van der Waals surface area contributed by atoms with Gasteiger partial charge in [0.25, 0.3) is 0 Å². The summed E-state index contributed by atoms with van der Waals surface area (Å²) in [6.07, 6.45) is 0. The van der Waals surface area contributed by atoms with Crippen molar-refractivity contribution in [1.82, 2.24) is 15.1 Å². The molecule has 0 spiro atoms. The average Bonchev–Trinajstić information content (AvgIpc) is 2.83. The molecule has 2 heterocycles. The standard InChI is InChI=1S/C15H14FN5O/c1-9-6-13(18-12-5-3-4-11(16)8-12)19-15(17-9)20-14-7-10(2)22-21-14/h3-8H,1-2H3,(H2,17,18,19,20,21). The maximum Gasteiger partial charge on any atom is 0.230 e. The molecule has 0 atom stereocenters. The number of anilines is 4. The Hall–Kier alpha value is -2.96. The smallest absolute Gasteiger partial charge is 0.230 e. The molecule has 2 N–H and O–H groups in total. The number of hydrogen-bond acceptors (Lipinski definition) is 6. The number of aromatic nitrogens is 3. The van der Waals surface area contributed by atoms with E-state index < -0.39 is 0 Å². The van der Waals surface area contributed by atoms with Gasteiger partial charge in [-0.3, -0.25) is 0 Å². The summed E-state index contributed by atoms with van der Waals surface area (Å²) in [5.41, 5.74) is 1.37. The third kappa shape index (κ3) is 3.38. The molecule has 3 rings (SSSR count). The predicted octanol–water partition coefficient (Wildman–Crippen LogP) is 3.71. The van der Waals surface area contributed by atoms with E-state index in [1.165, 1.54) is 12.1 Å². The van der Waals surface area contributed by atoms with E-state index in [-0.39, 0.29) is 5.82 Å². The van der Waals surface area contributed by atoms with Crippen LogP contribution in [-0.4, -0.2) is 15.1 Å². The maximum absolute atomic E-state index is 13.2. The highest BCUT2D eigenvalue weighted by molar-refractivity contribution is 5.59. The minimum Gasteiger partial charge on any atom is -0.360 e. The SMILES string of the molecule is Cc1cc(Nc2cccc(F)c2)nc(Nc2cc(C)on2)n1. The second-order valence-electron chi connectivity index (χ2n) is 4.80. The number of benzene rings is 1. The monoisotopic (exact) mass is 299 g/mol. The molecule has 0 aliphatic carbocycles. The summed E-state index contributed by atoms with van der Waals surface area (Å²) in [5.74, 6) is 1.84. The summed E-state index contributed by atoms with van der Waals surface area (Å²) in [5, 5.41) is 9.83. The molecule has 0 aliphatic heterocycles. The van der Waals surface area contributed by atoms with Crippen molar-refractivity contribution >= 4 is 23.3 Å². The fourth-order valence-electron chi connectivity index (χ4n) is 1.94. The molecular weight excluding hydrogens is 285 g/mol. The zero-order valence-electron chi connectivity index (χ0n) is 12.1. The van der Waals surface area contributed by atoms with Crippen LogP contribution >= 0.6 is 0 Å². The van der Waals surface area contributed by atoms with Gasteiger partial charge in [0, 0.05) is 23.5 Å². The van der Waals surface area contributed by atoms with Gasteiger partial charge in [0.15, 0.2) is 5.82 Å². The molecule has 6 nitrogen and oxygen atoms in total. The van der Waals surface area contributed by atoms with Crippen LogP contribution in [0, 0.1) is 19.7 Å². The Balaban J connectivity index is 1.83. The minimum atomic E-state index is -0.313. The van der Waals surface area contributed by atoms with E-state index in [2.05, 4.69) is 25.8 Å². The van der Waals surface area contributed by atoms with E-state index >= 15 is 0 Å². The summed E-state index contributed by atoms with van der Waals surface area (Å²) in [7, 11) is 0. The largest absolute Gasteiger partial charge is 0.360 e. The van der Waals surface area contributed by atoms with Gasteiger partial charge in [-0.05, 0) is 32.0 Å². The second kappa shape index (κ2) is 5.80. The molecule has 0 unspecified atom stereocenters. The highest BCUT2D eigenvalue weighted by Gasteiger charge is 2.06. The van der Waals surface area contributed by atoms with Crippen LogP contribution in [0.1, 0.15) is 11.5 Å². The first-order chi connectivity index (χ1) is 10.6. The lowest BCUT2D eigenvalue weighted by molar-refractivity contribution is 0.400. The summed E-state index contributed by atoms with van der Waals surface area (Å²) < 4.78 is 18.2. The zero-order chi connectivity index (χ0) is 15.5. The van der Waals surface area contributed by atoms with Crippen LogP contribution in [0.3, 0.4) is 0 Å². The van der Waals surface area contributed by atoms with Crippen molar-refractivity contribution in [2.45, 2.75) is 13.8 Å². The molecule has 0 radical (unpaired) electrons. The first-order valence-corrected chi connectivity index (χ1v) is 6.67. The third-order valence-electron chi connectivity index (χ3n) is 2.82. The first-order valence-electron chi connectivity index (χ1n) is 6.67. The summed E-state index contributed by atoms with van der Waals surface area (Å²) in [4.78, 5) is 8.61. The molecule has 3 aromatic rings. The molecule has 0 saturated carbocycles. The molecule has 0 bridgehead atoms. The van der Waals surface area contributed by atoms with Crippen molar-refractivity contribution < 1.29 is 8.91 Å². The van der Waals surface area contributed by atoms with E-state index in [1.54, 1.807) is 31.2 Å². The van der Waals surface area contributed by atoms with Gasteiger partial charge in [-0.15, -0.1) is 0 Å². The van der Waals surface area contributed by atoms with Crippen molar-refractivity contribution in [3.63, 3.8) is 0 Å². The summed E-state index contributed by atoms with van der Waals surface area (Å²) in [6.45, 7) is 3.64. The Morgan fingerprint density at radius 3 is 2.59 bits per heavy atom. The van der Waals surface area contributed by atoms with E-state index in [9.17, 15) is 4.39 Å². The number of nitrogens with one attached hydrogen (secondary N) is 2. The molecule has 0 fully saturated rings. The van der Waals surface area contributed by atoms with Gasteiger partial charge in [0.05, 0.1) is 0 Å². The predicted molar refractivity (Wildman–Crippen MR) is 81.0 cm³/mol. The van der Waals surface area contributed by atoms with Gasteiger partial charge in [0.1, 0.15) is 17.4 Å². The Kier molecular flexibility index (Phi) is 3.69. The molecular formula is C15H14FN5O. The van der Waals surface area contributed by atoms with Crippen LogP contribution in [0.25, 0.3) is 0 Å². The molecule has 22 heavy (non-hydrogen) atoms. The van der Waals surface area contributed by atoms with E-state index in [0.29, 0.717) is 29.0 Å². The maximum atomic E-state index is 13.2. The van der Waals surface area contributed by atoms with Gasteiger partial charge in [-0.25, -0.2) is 9.37 Å². The molecule has 2 aromatic heterocycles.